The van der Waals surface area contributed by atoms with Crippen LogP contribution in [0.15, 0.2) is 200 Å². The van der Waals surface area contributed by atoms with E-state index in [0.717, 1.165) is 17.8 Å². The zero-order valence-corrected chi connectivity index (χ0v) is 34.2. The number of fused-ring (bicyclic) bond motifs is 10. The normalized spacial score (nSPS) is 13.3. The van der Waals surface area contributed by atoms with E-state index in [1.54, 1.807) is 0 Å². The lowest BCUT2D eigenvalue weighted by Gasteiger charge is -2.31. The Hall–Kier alpha value is -6.96. The average molecular weight is 758 g/mol. The number of nitrogens with zero attached hydrogens (tertiary/aromatic N) is 1. The van der Waals surface area contributed by atoms with Gasteiger partial charge in [-0.05, 0) is 159 Å². The quantitative estimate of drug-likeness (QED) is 0.140. The predicted molar refractivity (Wildman–Crippen MR) is 251 cm³/mol. The maximum absolute atomic E-state index is 2.50. The summed E-state index contributed by atoms with van der Waals surface area (Å²) in [6.07, 6.45) is 7.66. The number of allylic oxidation sites excluding steroid dienone is 4. The summed E-state index contributed by atoms with van der Waals surface area (Å²) < 4.78 is 0. The van der Waals surface area contributed by atoms with Gasteiger partial charge >= 0.3 is 0 Å². The van der Waals surface area contributed by atoms with E-state index in [2.05, 4.69) is 233 Å². The van der Waals surface area contributed by atoms with E-state index in [1.165, 1.54) is 94.7 Å². The van der Waals surface area contributed by atoms with Crippen molar-refractivity contribution in [3.63, 3.8) is 0 Å². The topological polar surface area (TPSA) is 3.24 Å². The summed E-state index contributed by atoms with van der Waals surface area (Å²) in [5, 5.41) is 0. The van der Waals surface area contributed by atoms with E-state index < -0.39 is 0 Å². The molecule has 8 aromatic carbocycles. The molecule has 1 spiro atoms. The van der Waals surface area contributed by atoms with Gasteiger partial charge in [0.1, 0.15) is 0 Å². The van der Waals surface area contributed by atoms with Gasteiger partial charge in [-0.25, -0.2) is 0 Å². The third kappa shape index (κ3) is 5.83. The Labute approximate surface area is 349 Å². The maximum Gasteiger partial charge on any atom is 0.0725 e. The van der Waals surface area contributed by atoms with Crippen LogP contribution >= 0.6 is 0 Å². The van der Waals surface area contributed by atoms with Crippen LogP contribution in [0.3, 0.4) is 0 Å². The first-order valence-corrected chi connectivity index (χ1v) is 21.0. The van der Waals surface area contributed by atoms with Crippen molar-refractivity contribution >= 4 is 22.6 Å². The molecule has 0 fully saturated rings. The highest BCUT2D eigenvalue weighted by molar-refractivity contribution is 5.96. The third-order valence-corrected chi connectivity index (χ3v) is 12.6. The molecule has 0 saturated heterocycles. The summed E-state index contributed by atoms with van der Waals surface area (Å²) >= 11 is 0. The summed E-state index contributed by atoms with van der Waals surface area (Å²) in [4.78, 5) is 2.42. The molecule has 1 nitrogen and oxygen atoms in total. The number of benzene rings is 8. The average Bonchev–Trinajstić information content (AvgIpc) is 3.76. The van der Waals surface area contributed by atoms with Crippen molar-refractivity contribution in [2.45, 2.75) is 39.5 Å². The van der Waals surface area contributed by atoms with Crippen molar-refractivity contribution in [3.8, 4) is 44.5 Å². The van der Waals surface area contributed by atoms with E-state index in [9.17, 15) is 0 Å². The van der Waals surface area contributed by atoms with Crippen LogP contribution in [-0.4, -0.2) is 0 Å². The number of hydrogen-bond donors (Lipinski definition) is 0. The van der Waals surface area contributed by atoms with Gasteiger partial charge in [0, 0.05) is 17.1 Å². The Balaban J connectivity index is 1.10. The summed E-state index contributed by atoms with van der Waals surface area (Å²) in [6.45, 7) is 8.83. The van der Waals surface area contributed by atoms with E-state index in [0.29, 0.717) is 0 Å². The Morgan fingerprint density at radius 3 is 1.56 bits per heavy atom. The molecule has 0 bridgehead atoms. The highest BCUT2D eigenvalue weighted by Gasteiger charge is 2.51. The van der Waals surface area contributed by atoms with Gasteiger partial charge in [-0.2, -0.15) is 0 Å². The Kier molecular flexibility index (Phi) is 9.11. The number of rotatable bonds is 8. The summed E-state index contributed by atoms with van der Waals surface area (Å²) in [5.74, 6) is 0. The molecule has 0 amide bonds. The molecule has 284 valence electrons. The second-order valence-electron chi connectivity index (χ2n) is 16.0. The molecule has 59 heavy (non-hydrogen) atoms. The van der Waals surface area contributed by atoms with Gasteiger partial charge in [-0.15, -0.1) is 0 Å². The number of aryl methyl sites for hydroxylation is 2. The van der Waals surface area contributed by atoms with Crippen LogP contribution in [0, 0.1) is 13.8 Å². The molecule has 0 atom stereocenters. The first-order chi connectivity index (χ1) is 29.0. The van der Waals surface area contributed by atoms with Gasteiger partial charge in [-0.1, -0.05) is 165 Å². The molecule has 0 saturated carbocycles. The SMILES string of the molecule is C/C=C(\C=C/CC)c1ccc(N(c2ccc(-c3ccccc3)cc2)c2cc(C)c(-c3ccc4c(c3)C3(c5ccccc5-c5ccccc53)c3ccccc3-4)cc2C)cc1. The van der Waals surface area contributed by atoms with E-state index >= 15 is 0 Å². The molecule has 0 aliphatic heterocycles. The monoisotopic (exact) mass is 757 g/mol. The summed E-state index contributed by atoms with van der Waals surface area (Å²) in [7, 11) is 0. The standard InChI is InChI=1S/C58H47N/c1-5-7-17-41(6-2)43-26-31-46(32-27-43)59(47-33-28-44(29-34-47)42-18-9-8-10-19-42)57-37-39(3)52(36-40(57)4)45-30-35-51-50-22-13-16-25-55(50)58(56(51)38-45)53-23-14-11-20-48(53)49-21-12-15-24-54(49)58/h6-38H,5H2,1-4H3/b17-7-,41-6+. The molecule has 0 aromatic heterocycles. The van der Waals surface area contributed by atoms with Crippen molar-refractivity contribution < 1.29 is 0 Å². The first kappa shape index (κ1) is 36.4. The Morgan fingerprint density at radius 2 is 0.983 bits per heavy atom. The van der Waals surface area contributed by atoms with Crippen LogP contribution < -0.4 is 4.90 Å². The summed E-state index contributed by atoms with van der Waals surface area (Å²) in [5.41, 5.74) is 23.7. The molecule has 0 radical (unpaired) electrons. The lowest BCUT2D eigenvalue weighted by Crippen LogP contribution is -2.25. The van der Waals surface area contributed by atoms with E-state index in [1.807, 2.05) is 0 Å². The van der Waals surface area contributed by atoms with Crippen molar-refractivity contribution in [1.82, 2.24) is 0 Å². The highest BCUT2D eigenvalue weighted by atomic mass is 15.1. The maximum atomic E-state index is 2.50. The Morgan fingerprint density at radius 1 is 0.475 bits per heavy atom. The second-order valence-corrected chi connectivity index (χ2v) is 16.0. The molecule has 2 aliphatic carbocycles. The lowest BCUT2D eigenvalue weighted by molar-refractivity contribution is 0.794. The Bertz CT molecular complexity index is 2860. The van der Waals surface area contributed by atoms with Crippen molar-refractivity contribution in [1.29, 1.82) is 0 Å². The van der Waals surface area contributed by atoms with Gasteiger partial charge in [0.2, 0.25) is 0 Å². The molecule has 1 heteroatoms. The van der Waals surface area contributed by atoms with Crippen LogP contribution in [0.5, 0.6) is 0 Å². The second kappa shape index (κ2) is 14.8. The molecule has 2 aliphatic rings. The van der Waals surface area contributed by atoms with Crippen LogP contribution in [0.4, 0.5) is 17.1 Å². The lowest BCUT2D eigenvalue weighted by atomic mass is 9.70. The smallest absolute Gasteiger partial charge is 0.0725 e. The van der Waals surface area contributed by atoms with Gasteiger partial charge in [0.15, 0.2) is 0 Å². The molecular formula is C58H47N. The van der Waals surface area contributed by atoms with Crippen LogP contribution in [-0.2, 0) is 5.41 Å². The molecule has 8 aromatic rings. The van der Waals surface area contributed by atoms with E-state index in [-0.39, 0.29) is 5.41 Å². The fraction of sp³-hybridized carbons (Fsp3) is 0.103. The number of hydrogen-bond acceptors (Lipinski definition) is 1. The van der Waals surface area contributed by atoms with Crippen LogP contribution in [0.1, 0.15) is 59.2 Å². The van der Waals surface area contributed by atoms with Crippen LogP contribution in [0.2, 0.25) is 0 Å². The minimum absolute atomic E-state index is 0.369. The minimum Gasteiger partial charge on any atom is -0.310 e. The van der Waals surface area contributed by atoms with Crippen molar-refractivity contribution in [2.24, 2.45) is 0 Å². The fourth-order valence-electron chi connectivity index (χ4n) is 9.88. The molecule has 0 N–H and O–H groups in total. The zero-order chi connectivity index (χ0) is 40.1. The van der Waals surface area contributed by atoms with Crippen molar-refractivity contribution in [2.75, 3.05) is 4.90 Å². The zero-order valence-electron chi connectivity index (χ0n) is 34.2. The van der Waals surface area contributed by atoms with Gasteiger partial charge in [0.25, 0.3) is 0 Å². The van der Waals surface area contributed by atoms with Gasteiger partial charge in [0.05, 0.1) is 5.41 Å². The minimum atomic E-state index is -0.369. The fourth-order valence-corrected chi connectivity index (χ4v) is 9.88. The van der Waals surface area contributed by atoms with Crippen LogP contribution in [0.25, 0.3) is 50.1 Å². The summed E-state index contributed by atoms with van der Waals surface area (Å²) in [6, 6.07) is 67.8. The molecular weight excluding hydrogens is 711 g/mol. The molecule has 0 unspecified atom stereocenters. The predicted octanol–water partition coefficient (Wildman–Crippen LogP) is 15.8. The van der Waals surface area contributed by atoms with Gasteiger partial charge in [-0.3, -0.25) is 0 Å². The van der Waals surface area contributed by atoms with Gasteiger partial charge < -0.3 is 4.90 Å². The highest BCUT2D eigenvalue weighted by Crippen LogP contribution is 2.63. The largest absolute Gasteiger partial charge is 0.310 e. The molecule has 0 heterocycles. The number of anilines is 3. The third-order valence-electron chi connectivity index (χ3n) is 12.6. The first-order valence-electron chi connectivity index (χ1n) is 21.0. The van der Waals surface area contributed by atoms with E-state index in [4.69, 9.17) is 0 Å². The van der Waals surface area contributed by atoms with Crippen molar-refractivity contribution in [3.05, 3.63) is 239 Å². The molecule has 10 rings (SSSR count).